The van der Waals surface area contributed by atoms with Gasteiger partial charge in [0.2, 0.25) is 0 Å². The highest BCUT2D eigenvalue weighted by molar-refractivity contribution is 6.69. The lowest BCUT2D eigenvalue weighted by atomic mass is 10.0. The lowest BCUT2D eigenvalue weighted by Gasteiger charge is -2.16. The van der Waals surface area contributed by atoms with E-state index in [1.807, 2.05) is 214 Å². The van der Waals surface area contributed by atoms with Gasteiger partial charge in [-0.25, -0.2) is 0 Å². The van der Waals surface area contributed by atoms with Gasteiger partial charge < -0.3 is 43.0 Å². The van der Waals surface area contributed by atoms with E-state index in [2.05, 4.69) is 37.2 Å². The first-order valence-electron chi connectivity index (χ1n) is 25.9. The highest BCUT2D eigenvalue weighted by atomic mass is 35.5. The monoisotopic (exact) mass is 1120 g/mol. The van der Waals surface area contributed by atoms with Gasteiger partial charge in [0.05, 0.1) is 45.5 Å². The molecule has 410 valence electrons. The van der Waals surface area contributed by atoms with Crippen molar-refractivity contribution in [1.29, 1.82) is 0 Å². The molecule has 10 aromatic carbocycles. The fourth-order valence-electron chi connectivity index (χ4n) is 7.79. The summed E-state index contributed by atoms with van der Waals surface area (Å²) in [5.74, 6) is -1.50. The van der Waals surface area contributed by atoms with Crippen LogP contribution in [-0.2, 0) is 0 Å². The van der Waals surface area contributed by atoms with E-state index < -0.39 is 28.2 Å². The molecule has 0 fully saturated rings. The number of carbonyl (C=O) groups is 5. The quantitative estimate of drug-likeness (QED) is 0.0341. The number of benzene rings is 10. The second-order valence-corrected chi connectivity index (χ2v) is 18.2. The van der Waals surface area contributed by atoms with E-state index >= 15 is 0 Å². The number of nitrogens with two attached hydrogens (primary N) is 1. The van der Waals surface area contributed by atoms with Crippen LogP contribution in [0.3, 0.4) is 0 Å². The van der Waals surface area contributed by atoms with Crippen LogP contribution in [0.1, 0.15) is 65.6 Å². The van der Waals surface area contributed by atoms with Crippen LogP contribution in [0.2, 0.25) is 0 Å². The fourth-order valence-corrected chi connectivity index (χ4v) is 8.03. The van der Waals surface area contributed by atoms with Crippen LogP contribution in [0.5, 0.6) is 0 Å². The third kappa shape index (κ3) is 17.8. The van der Waals surface area contributed by atoms with Gasteiger partial charge in [0.1, 0.15) is 0 Å². The Bertz CT molecular complexity index is 3430. The molecule has 0 saturated carbocycles. The molecule has 10 aromatic rings. The summed E-state index contributed by atoms with van der Waals surface area (Å²) in [6, 6.07) is 78.8. The van der Waals surface area contributed by atoms with Gasteiger partial charge in [0.25, 0.3) is 28.2 Å². The zero-order chi connectivity index (χ0) is 58.1. The van der Waals surface area contributed by atoms with Crippen molar-refractivity contribution in [3.63, 3.8) is 0 Å². The number of anilines is 12. The number of nitrogens with one attached hydrogen (secondary N) is 7. The molecule has 0 aliphatic heterocycles. The molecule has 10 rings (SSSR count). The van der Waals surface area contributed by atoms with Gasteiger partial charge in [0.15, 0.2) is 0 Å². The number of hydrogen-bond acceptors (Lipinski definition) is 10. The second-order valence-electron chi connectivity index (χ2n) is 17.5. The van der Waals surface area contributed by atoms with Crippen molar-refractivity contribution in [2.24, 2.45) is 0 Å². The average molecular weight is 1130 g/mol. The third-order valence-electron chi connectivity index (χ3n) is 11.7. The van der Waals surface area contributed by atoms with Crippen LogP contribution < -0.4 is 43.0 Å². The molecule has 0 aliphatic rings. The van der Waals surface area contributed by atoms with Gasteiger partial charge >= 0.3 is 0 Å². The Morgan fingerprint density at radius 3 is 0.793 bits per heavy atom. The smallest absolute Gasteiger partial charge is 0.255 e. The molecule has 15 heteroatoms. The Morgan fingerprint density at radius 1 is 0.280 bits per heavy atom. The first-order chi connectivity index (χ1) is 39.9. The van der Waals surface area contributed by atoms with Crippen molar-refractivity contribution in [2.75, 3.05) is 43.0 Å². The van der Waals surface area contributed by atoms with Crippen molar-refractivity contribution in [2.45, 2.75) is 13.8 Å². The minimum atomic E-state index is -0.602. The number of carbonyl (C=O) groups excluding carboxylic acids is 5. The Hall–Kier alpha value is -10.5. The molecular formula is C67H58Cl2N8O5. The molecule has 0 atom stereocenters. The summed E-state index contributed by atoms with van der Waals surface area (Å²) in [5.41, 5.74) is 15.6. The van der Waals surface area contributed by atoms with E-state index in [1.165, 1.54) is 36.4 Å². The van der Waals surface area contributed by atoms with Gasteiger partial charge in [-0.3, -0.25) is 24.0 Å². The lowest BCUT2D eigenvalue weighted by molar-refractivity contribution is 0.102. The van der Waals surface area contributed by atoms with Crippen LogP contribution >= 0.6 is 23.2 Å². The number of amides is 3. The fraction of sp³-hybridized carbons (Fsp3) is 0.0299. The average Bonchev–Trinajstić information content (AvgIpc) is 3.53. The molecule has 13 nitrogen and oxygen atoms in total. The SMILES string of the molecule is CC.Nc1ccccc1Nc1ccccc1.O=C(Cl)c1cccc(C(=O)Cl)c1.O=C(Nc1ccccc1Nc1ccccc1)c1cc(C(=O)Nc2ccccc2Nc2ccccc2)cc(C(=O)Nc2ccccc2Nc2ccccc2)c1. The zero-order valence-corrected chi connectivity index (χ0v) is 46.2. The van der Waals surface area contributed by atoms with E-state index in [0.29, 0.717) is 34.1 Å². The largest absolute Gasteiger partial charge is 0.397 e. The van der Waals surface area contributed by atoms with Crippen LogP contribution in [0.25, 0.3) is 0 Å². The number of para-hydroxylation sites is 12. The molecule has 9 N–H and O–H groups in total. The van der Waals surface area contributed by atoms with Gasteiger partial charge in [-0.15, -0.1) is 0 Å². The topological polar surface area (TPSA) is 196 Å². The van der Waals surface area contributed by atoms with Gasteiger partial charge in [-0.2, -0.15) is 0 Å². The normalized spacial score (nSPS) is 10.0. The van der Waals surface area contributed by atoms with Crippen LogP contribution in [0.15, 0.2) is 261 Å². The third-order valence-corrected chi connectivity index (χ3v) is 12.2. The number of rotatable bonds is 16. The van der Waals surface area contributed by atoms with Crippen molar-refractivity contribution in [1.82, 2.24) is 0 Å². The van der Waals surface area contributed by atoms with E-state index in [4.69, 9.17) is 28.9 Å². The highest BCUT2D eigenvalue weighted by Crippen LogP contribution is 2.30. The zero-order valence-electron chi connectivity index (χ0n) is 44.7. The van der Waals surface area contributed by atoms with Crippen molar-refractivity contribution in [3.05, 3.63) is 289 Å². The van der Waals surface area contributed by atoms with E-state index in [-0.39, 0.29) is 27.8 Å². The summed E-state index contributed by atoms with van der Waals surface area (Å²) < 4.78 is 0. The molecule has 0 bridgehead atoms. The Labute approximate surface area is 486 Å². The number of hydrogen-bond donors (Lipinski definition) is 8. The Morgan fingerprint density at radius 2 is 0.512 bits per heavy atom. The first kappa shape index (κ1) is 59.2. The molecule has 0 aliphatic carbocycles. The maximum Gasteiger partial charge on any atom is 0.255 e. The predicted octanol–water partition coefficient (Wildman–Crippen LogP) is 17.2. The van der Waals surface area contributed by atoms with Crippen molar-refractivity contribution < 1.29 is 24.0 Å². The van der Waals surface area contributed by atoms with Crippen molar-refractivity contribution in [3.8, 4) is 0 Å². The standard InChI is InChI=1S/C45H36N6O3.C12H12N2.C8H4Cl2O2.C2H6/c52-43(49-40-25-13-10-22-37(40)46-34-16-4-1-5-17-34)31-28-32(44(53)50-41-26-14-11-23-38(41)47-35-18-6-2-7-19-35)30-33(29-31)45(54)51-42-27-15-12-24-39(42)48-36-20-8-3-9-21-36;13-11-8-4-5-9-12(11)14-10-6-2-1-3-7-10;9-7(11)5-2-1-3-6(4-5)8(10)12;1-2/h1-30,46-48H,(H,49,52)(H,50,53)(H,51,54);1-9,14H,13H2;1-4H;1-2H3. The van der Waals surface area contributed by atoms with Gasteiger partial charge in [-0.05, 0) is 145 Å². The minimum absolute atomic E-state index is 0.119. The molecule has 0 saturated heterocycles. The van der Waals surface area contributed by atoms with Crippen LogP contribution in [-0.4, -0.2) is 28.2 Å². The summed E-state index contributed by atoms with van der Waals surface area (Å²) in [5, 5.41) is 20.9. The summed E-state index contributed by atoms with van der Waals surface area (Å²) in [6.07, 6.45) is 0. The number of nitrogen functional groups attached to an aromatic ring is 1. The summed E-state index contributed by atoms with van der Waals surface area (Å²) in [4.78, 5) is 63.2. The molecule has 82 heavy (non-hydrogen) atoms. The molecule has 0 spiro atoms. The Balaban J connectivity index is 0.000000280. The minimum Gasteiger partial charge on any atom is -0.397 e. The van der Waals surface area contributed by atoms with E-state index in [0.717, 1.165) is 34.1 Å². The van der Waals surface area contributed by atoms with E-state index in [9.17, 15) is 24.0 Å². The molecule has 3 amide bonds. The maximum atomic E-state index is 14.0. The molecule has 0 radical (unpaired) electrons. The highest BCUT2D eigenvalue weighted by Gasteiger charge is 2.20. The lowest BCUT2D eigenvalue weighted by Crippen LogP contribution is -2.20. The molecule has 0 unspecified atom stereocenters. The second kappa shape index (κ2) is 30.6. The molecule has 0 heterocycles. The van der Waals surface area contributed by atoms with E-state index in [1.54, 1.807) is 24.3 Å². The molecular weight excluding hydrogens is 1070 g/mol. The number of halogens is 2. The maximum absolute atomic E-state index is 14.0. The van der Waals surface area contributed by atoms with Crippen LogP contribution in [0, 0.1) is 0 Å². The Kier molecular flexibility index (Phi) is 22.1. The van der Waals surface area contributed by atoms with Crippen molar-refractivity contribution >= 4 is 120 Å². The van der Waals surface area contributed by atoms with Gasteiger partial charge in [0, 0.05) is 50.6 Å². The summed E-state index contributed by atoms with van der Waals surface area (Å²) >= 11 is 10.4. The first-order valence-corrected chi connectivity index (χ1v) is 26.7. The molecule has 0 aromatic heterocycles. The predicted molar refractivity (Wildman–Crippen MR) is 338 cm³/mol. The van der Waals surface area contributed by atoms with Gasteiger partial charge in [-0.1, -0.05) is 153 Å². The summed E-state index contributed by atoms with van der Waals surface area (Å²) in [7, 11) is 0. The van der Waals surface area contributed by atoms with Crippen LogP contribution in [0.4, 0.5) is 68.2 Å². The summed E-state index contributed by atoms with van der Waals surface area (Å²) in [6.45, 7) is 4.00.